The van der Waals surface area contributed by atoms with Crippen molar-refractivity contribution in [1.82, 2.24) is 19.7 Å². The van der Waals surface area contributed by atoms with Gasteiger partial charge in [0.2, 0.25) is 5.28 Å². The monoisotopic (exact) mass is 287 g/mol. The van der Waals surface area contributed by atoms with Gasteiger partial charge in [0.1, 0.15) is 5.82 Å². The Morgan fingerprint density at radius 2 is 2.05 bits per heavy atom. The van der Waals surface area contributed by atoms with Crippen LogP contribution in [0.5, 0.6) is 0 Å². The van der Waals surface area contributed by atoms with E-state index in [4.69, 9.17) is 11.6 Å². The average molecular weight is 288 g/mol. The molecule has 0 aliphatic rings. The molecule has 102 valence electrons. The highest BCUT2D eigenvalue weighted by atomic mass is 35.5. The molecule has 0 spiro atoms. The normalized spacial score (nSPS) is 10.9. The zero-order valence-corrected chi connectivity index (χ0v) is 12.0. The molecule has 0 radical (unpaired) electrons. The summed E-state index contributed by atoms with van der Waals surface area (Å²) in [5.41, 5.74) is 2.93. The van der Waals surface area contributed by atoms with E-state index in [2.05, 4.69) is 33.4 Å². The second kappa shape index (κ2) is 5.09. The maximum absolute atomic E-state index is 5.99. The first-order valence-corrected chi connectivity index (χ1v) is 6.79. The highest BCUT2D eigenvalue weighted by Crippen LogP contribution is 2.25. The fourth-order valence-electron chi connectivity index (χ4n) is 2.26. The number of hydrogen-bond donors (Lipinski definition) is 1. The van der Waals surface area contributed by atoms with Crippen LogP contribution in [-0.2, 0) is 6.42 Å². The van der Waals surface area contributed by atoms with Crippen molar-refractivity contribution in [3.63, 3.8) is 0 Å². The summed E-state index contributed by atoms with van der Waals surface area (Å²) in [5, 5.41) is 8.51. The van der Waals surface area contributed by atoms with Crippen molar-refractivity contribution >= 4 is 28.5 Å². The van der Waals surface area contributed by atoms with Gasteiger partial charge in [-0.3, -0.25) is 0 Å². The maximum atomic E-state index is 5.99. The van der Waals surface area contributed by atoms with Crippen molar-refractivity contribution in [2.24, 2.45) is 0 Å². The van der Waals surface area contributed by atoms with Gasteiger partial charge in [0.05, 0.1) is 17.3 Å². The predicted molar refractivity (Wildman–Crippen MR) is 80.6 cm³/mol. The van der Waals surface area contributed by atoms with Crippen LogP contribution in [0.4, 0.5) is 5.82 Å². The lowest BCUT2D eigenvalue weighted by molar-refractivity contribution is 0.877. The summed E-state index contributed by atoms with van der Waals surface area (Å²) in [4.78, 5) is 8.47. The number of rotatable bonds is 3. The number of benzene rings is 1. The number of fused-ring (bicyclic) bond motifs is 1. The Morgan fingerprint density at radius 3 is 2.80 bits per heavy atom. The molecule has 0 saturated heterocycles. The third-order valence-corrected chi connectivity index (χ3v) is 3.41. The third-order valence-electron chi connectivity index (χ3n) is 3.24. The molecular weight excluding hydrogens is 274 g/mol. The van der Waals surface area contributed by atoms with E-state index in [-0.39, 0.29) is 5.28 Å². The van der Waals surface area contributed by atoms with Crippen LogP contribution >= 0.6 is 11.6 Å². The van der Waals surface area contributed by atoms with E-state index < -0.39 is 0 Å². The second-order valence-corrected chi connectivity index (χ2v) is 4.71. The molecule has 0 aliphatic carbocycles. The van der Waals surface area contributed by atoms with Crippen LogP contribution < -0.4 is 5.32 Å². The van der Waals surface area contributed by atoms with E-state index >= 15 is 0 Å². The molecule has 3 rings (SSSR count). The molecule has 0 amide bonds. The van der Waals surface area contributed by atoms with Crippen molar-refractivity contribution in [2.45, 2.75) is 13.3 Å². The minimum absolute atomic E-state index is 0.206. The Kier molecular flexibility index (Phi) is 3.28. The third kappa shape index (κ3) is 2.00. The van der Waals surface area contributed by atoms with Crippen LogP contribution in [0.2, 0.25) is 5.28 Å². The first-order valence-electron chi connectivity index (χ1n) is 6.42. The molecule has 2 aromatic heterocycles. The highest BCUT2D eigenvalue weighted by Gasteiger charge is 2.13. The first-order chi connectivity index (χ1) is 9.74. The molecule has 0 bridgehead atoms. The van der Waals surface area contributed by atoms with E-state index in [9.17, 15) is 0 Å². The number of anilines is 1. The molecule has 5 nitrogen and oxygen atoms in total. The lowest BCUT2D eigenvalue weighted by Gasteiger charge is -2.08. The van der Waals surface area contributed by atoms with Crippen molar-refractivity contribution in [3.05, 3.63) is 41.3 Å². The van der Waals surface area contributed by atoms with Gasteiger partial charge in [-0.2, -0.15) is 15.1 Å². The largest absolute Gasteiger partial charge is 0.372 e. The van der Waals surface area contributed by atoms with Crippen molar-refractivity contribution in [2.75, 3.05) is 12.4 Å². The van der Waals surface area contributed by atoms with Crippen LogP contribution in [0.1, 0.15) is 12.5 Å². The van der Waals surface area contributed by atoms with Crippen molar-refractivity contribution < 1.29 is 0 Å². The predicted octanol–water partition coefficient (Wildman–Crippen LogP) is 3.07. The number of nitrogens with one attached hydrogen (secondary N) is 1. The van der Waals surface area contributed by atoms with E-state index in [1.54, 1.807) is 13.2 Å². The molecule has 2 heterocycles. The minimum atomic E-state index is 0.206. The fraction of sp³-hybridized carbons (Fsp3) is 0.214. The van der Waals surface area contributed by atoms with Crippen LogP contribution in [0.25, 0.3) is 16.7 Å². The molecule has 6 heteroatoms. The molecule has 0 saturated carbocycles. The van der Waals surface area contributed by atoms with Gasteiger partial charge in [-0.05, 0) is 29.7 Å². The molecule has 0 atom stereocenters. The van der Waals surface area contributed by atoms with Gasteiger partial charge in [-0.1, -0.05) is 25.1 Å². The van der Waals surface area contributed by atoms with Gasteiger partial charge in [0, 0.05) is 7.05 Å². The minimum Gasteiger partial charge on any atom is -0.372 e. The van der Waals surface area contributed by atoms with E-state index in [1.165, 1.54) is 5.56 Å². The number of nitrogens with zero attached hydrogens (tertiary/aromatic N) is 4. The summed E-state index contributed by atoms with van der Waals surface area (Å²) >= 11 is 5.99. The summed E-state index contributed by atoms with van der Waals surface area (Å²) in [7, 11) is 1.80. The summed E-state index contributed by atoms with van der Waals surface area (Å²) in [6.07, 6.45) is 2.68. The highest BCUT2D eigenvalue weighted by molar-refractivity contribution is 6.28. The molecular formula is C14H14ClN5. The topological polar surface area (TPSA) is 55.6 Å². The number of aryl methyl sites for hydroxylation is 1. The van der Waals surface area contributed by atoms with Gasteiger partial charge in [-0.25, -0.2) is 4.68 Å². The lowest BCUT2D eigenvalue weighted by atomic mass is 10.1. The molecule has 3 aromatic rings. The zero-order chi connectivity index (χ0) is 14.1. The van der Waals surface area contributed by atoms with Crippen LogP contribution in [0.15, 0.2) is 30.5 Å². The van der Waals surface area contributed by atoms with E-state index in [0.29, 0.717) is 11.5 Å². The number of halogens is 1. The molecule has 0 unspecified atom stereocenters. The van der Waals surface area contributed by atoms with Crippen molar-refractivity contribution in [3.8, 4) is 5.69 Å². The van der Waals surface area contributed by atoms with E-state index in [0.717, 1.165) is 17.5 Å². The number of hydrogen-bond acceptors (Lipinski definition) is 4. The average Bonchev–Trinajstić information content (AvgIpc) is 2.89. The fourth-order valence-corrected chi connectivity index (χ4v) is 2.43. The lowest BCUT2D eigenvalue weighted by Crippen LogP contribution is -2.03. The zero-order valence-electron chi connectivity index (χ0n) is 11.3. The van der Waals surface area contributed by atoms with Crippen LogP contribution in [0, 0.1) is 0 Å². The summed E-state index contributed by atoms with van der Waals surface area (Å²) in [5.74, 6) is 0.681. The van der Waals surface area contributed by atoms with Crippen LogP contribution in [-0.4, -0.2) is 26.8 Å². The SMILES string of the molecule is CCc1ccccc1-n1ncc2c(NC)nc(Cl)nc21. The van der Waals surface area contributed by atoms with E-state index in [1.807, 2.05) is 22.9 Å². The molecule has 1 N–H and O–H groups in total. The number of para-hydroxylation sites is 1. The second-order valence-electron chi connectivity index (χ2n) is 4.37. The molecule has 20 heavy (non-hydrogen) atoms. The van der Waals surface area contributed by atoms with Gasteiger partial charge in [0.15, 0.2) is 5.65 Å². The van der Waals surface area contributed by atoms with Crippen LogP contribution in [0.3, 0.4) is 0 Å². The quantitative estimate of drug-likeness (QED) is 0.752. The molecule has 0 fully saturated rings. The van der Waals surface area contributed by atoms with Gasteiger partial charge in [0.25, 0.3) is 0 Å². The molecule has 0 aliphatic heterocycles. The van der Waals surface area contributed by atoms with Gasteiger partial charge < -0.3 is 5.32 Å². The summed E-state index contributed by atoms with van der Waals surface area (Å²) in [6.45, 7) is 2.12. The molecule has 1 aromatic carbocycles. The van der Waals surface area contributed by atoms with Crippen molar-refractivity contribution in [1.29, 1.82) is 0 Å². The Hall–Kier alpha value is -2.14. The Morgan fingerprint density at radius 1 is 1.25 bits per heavy atom. The standard InChI is InChI=1S/C14H14ClN5/c1-3-9-6-4-5-7-11(9)20-13-10(8-17-20)12(16-2)18-14(15)19-13/h4-8H,3H2,1-2H3,(H,16,18,19). The first kappa shape index (κ1) is 12.9. The Labute approximate surface area is 121 Å². The summed E-state index contributed by atoms with van der Waals surface area (Å²) in [6, 6.07) is 8.13. The maximum Gasteiger partial charge on any atom is 0.226 e. The smallest absolute Gasteiger partial charge is 0.226 e. The Bertz CT molecular complexity index is 765. The number of aromatic nitrogens is 4. The van der Waals surface area contributed by atoms with Gasteiger partial charge in [-0.15, -0.1) is 0 Å². The Balaban J connectivity index is 2.30. The van der Waals surface area contributed by atoms with Gasteiger partial charge >= 0.3 is 0 Å². The summed E-state index contributed by atoms with van der Waals surface area (Å²) < 4.78 is 1.81.